The Kier molecular flexibility index (Phi) is 6.01. The summed E-state index contributed by atoms with van der Waals surface area (Å²) in [6.07, 6.45) is 0. The van der Waals surface area contributed by atoms with E-state index in [1.165, 1.54) is 4.90 Å². The average molecular weight is 448 g/mol. The SMILES string of the molecule is CCOc1ccc(N2C(=O)C(=O)/C(=C(/O)c3ccc(C)cc3)C2c2ccc(Cl)cc2)cc1. The van der Waals surface area contributed by atoms with Gasteiger partial charge in [-0.05, 0) is 55.8 Å². The number of halogens is 1. The van der Waals surface area contributed by atoms with Crippen LogP contribution in [0.3, 0.4) is 0 Å². The van der Waals surface area contributed by atoms with Crippen molar-refractivity contribution in [2.45, 2.75) is 19.9 Å². The molecule has 1 N–H and O–H groups in total. The number of ether oxygens (including phenoxy) is 1. The molecule has 4 rings (SSSR count). The molecule has 0 saturated carbocycles. The van der Waals surface area contributed by atoms with Crippen molar-refractivity contribution in [1.29, 1.82) is 0 Å². The molecule has 1 aliphatic heterocycles. The molecule has 6 heteroatoms. The fraction of sp³-hybridized carbons (Fsp3) is 0.154. The Bertz CT molecular complexity index is 1180. The van der Waals surface area contributed by atoms with Crippen molar-refractivity contribution >= 4 is 34.7 Å². The predicted molar refractivity (Wildman–Crippen MR) is 125 cm³/mol. The summed E-state index contributed by atoms with van der Waals surface area (Å²) in [6.45, 7) is 4.34. The highest BCUT2D eigenvalue weighted by Crippen LogP contribution is 2.42. The zero-order valence-electron chi connectivity index (χ0n) is 17.7. The molecule has 1 heterocycles. The van der Waals surface area contributed by atoms with E-state index in [-0.39, 0.29) is 11.3 Å². The number of benzene rings is 3. The lowest BCUT2D eigenvalue weighted by atomic mass is 9.95. The third kappa shape index (κ3) is 3.99. The van der Waals surface area contributed by atoms with Gasteiger partial charge in [-0.3, -0.25) is 14.5 Å². The molecule has 0 aliphatic carbocycles. The summed E-state index contributed by atoms with van der Waals surface area (Å²) in [5.41, 5.74) is 2.72. The van der Waals surface area contributed by atoms with E-state index in [0.717, 1.165) is 5.56 Å². The first-order valence-corrected chi connectivity index (χ1v) is 10.6. The second-order valence-corrected chi connectivity index (χ2v) is 7.95. The number of anilines is 1. The molecular formula is C26H22ClNO4. The monoisotopic (exact) mass is 447 g/mol. The van der Waals surface area contributed by atoms with E-state index >= 15 is 0 Å². The lowest BCUT2D eigenvalue weighted by molar-refractivity contribution is -0.132. The minimum absolute atomic E-state index is 0.0371. The van der Waals surface area contributed by atoms with E-state index in [1.807, 2.05) is 26.0 Å². The molecule has 32 heavy (non-hydrogen) atoms. The number of ketones is 1. The number of aliphatic hydroxyl groups excluding tert-OH is 1. The van der Waals surface area contributed by atoms with Gasteiger partial charge in [-0.1, -0.05) is 53.6 Å². The van der Waals surface area contributed by atoms with Crippen molar-refractivity contribution in [1.82, 2.24) is 0 Å². The van der Waals surface area contributed by atoms with E-state index < -0.39 is 17.7 Å². The van der Waals surface area contributed by atoms with Crippen molar-refractivity contribution in [2.24, 2.45) is 0 Å². The maximum atomic E-state index is 13.1. The summed E-state index contributed by atoms with van der Waals surface area (Å²) in [5.74, 6) is -0.994. The summed E-state index contributed by atoms with van der Waals surface area (Å²) >= 11 is 6.06. The Balaban J connectivity index is 1.88. The topological polar surface area (TPSA) is 66.8 Å². The molecule has 3 aromatic carbocycles. The van der Waals surface area contributed by atoms with E-state index in [9.17, 15) is 14.7 Å². The molecule has 0 aromatic heterocycles. The fourth-order valence-corrected chi connectivity index (χ4v) is 3.92. The number of hydrogen-bond acceptors (Lipinski definition) is 4. The maximum Gasteiger partial charge on any atom is 0.300 e. The molecule has 3 aromatic rings. The van der Waals surface area contributed by atoms with Crippen molar-refractivity contribution in [3.63, 3.8) is 0 Å². The van der Waals surface area contributed by atoms with Crippen molar-refractivity contribution in [3.05, 3.63) is 100 Å². The second kappa shape index (κ2) is 8.89. The van der Waals surface area contributed by atoms with Gasteiger partial charge in [0.1, 0.15) is 11.5 Å². The molecule has 1 aliphatic rings. The standard InChI is InChI=1S/C26H22ClNO4/c1-3-32-21-14-12-20(13-15-21)28-23(17-8-10-19(27)11-9-17)22(25(30)26(28)31)24(29)18-6-4-16(2)5-7-18/h4-15,23,29H,3H2,1-2H3/b24-22+. The van der Waals surface area contributed by atoms with Gasteiger partial charge in [-0.15, -0.1) is 0 Å². The Morgan fingerprint density at radius 1 is 0.969 bits per heavy atom. The van der Waals surface area contributed by atoms with Gasteiger partial charge in [0.05, 0.1) is 18.2 Å². The van der Waals surface area contributed by atoms with Crippen LogP contribution in [0.5, 0.6) is 5.75 Å². The van der Waals surface area contributed by atoms with Gasteiger partial charge in [-0.2, -0.15) is 0 Å². The molecule has 1 atom stereocenters. The molecule has 1 unspecified atom stereocenters. The van der Waals surface area contributed by atoms with Gasteiger partial charge in [0.15, 0.2) is 0 Å². The first-order chi connectivity index (χ1) is 15.4. The molecule has 0 bridgehead atoms. The molecule has 1 fully saturated rings. The largest absolute Gasteiger partial charge is 0.507 e. The Labute approximate surface area is 191 Å². The summed E-state index contributed by atoms with van der Waals surface area (Å²) in [6, 6.07) is 20.2. The summed E-state index contributed by atoms with van der Waals surface area (Å²) < 4.78 is 5.49. The number of nitrogens with zero attached hydrogens (tertiary/aromatic N) is 1. The average Bonchev–Trinajstić information content (AvgIpc) is 3.06. The van der Waals surface area contributed by atoms with Crippen LogP contribution >= 0.6 is 11.6 Å². The van der Waals surface area contributed by atoms with Crippen LogP contribution in [0, 0.1) is 6.92 Å². The normalized spacial score (nSPS) is 17.6. The minimum Gasteiger partial charge on any atom is -0.507 e. The molecule has 1 saturated heterocycles. The third-order valence-corrected chi connectivity index (χ3v) is 5.63. The Morgan fingerprint density at radius 2 is 1.59 bits per heavy atom. The number of hydrogen-bond donors (Lipinski definition) is 1. The third-order valence-electron chi connectivity index (χ3n) is 5.38. The van der Waals surface area contributed by atoms with Crippen LogP contribution in [0.1, 0.15) is 29.7 Å². The smallest absolute Gasteiger partial charge is 0.300 e. The maximum absolute atomic E-state index is 13.1. The number of amides is 1. The predicted octanol–water partition coefficient (Wildman–Crippen LogP) is 5.67. The van der Waals surface area contributed by atoms with Crippen LogP contribution in [0.4, 0.5) is 5.69 Å². The number of carbonyl (C=O) groups is 2. The molecule has 162 valence electrons. The zero-order chi connectivity index (χ0) is 22.8. The molecule has 0 spiro atoms. The van der Waals surface area contributed by atoms with E-state index in [1.54, 1.807) is 60.7 Å². The van der Waals surface area contributed by atoms with Crippen molar-refractivity contribution in [2.75, 3.05) is 11.5 Å². The minimum atomic E-state index is -0.800. The van der Waals surface area contributed by atoms with Crippen LogP contribution in [0.2, 0.25) is 5.02 Å². The number of aliphatic hydroxyl groups is 1. The number of rotatable bonds is 5. The molecular weight excluding hydrogens is 426 g/mol. The number of carbonyl (C=O) groups excluding carboxylic acids is 2. The first-order valence-electron chi connectivity index (χ1n) is 10.3. The summed E-state index contributed by atoms with van der Waals surface area (Å²) in [5, 5.41) is 11.6. The summed E-state index contributed by atoms with van der Waals surface area (Å²) in [7, 11) is 0. The van der Waals surface area contributed by atoms with Crippen LogP contribution < -0.4 is 9.64 Å². The fourth-order valence-electron chi connectivity index (χ4n) is 3.80. The highest BCUT2D eigenvalue weighted by molar-refractivity contribution is 6.51. The zero-order valence-corrected chi connectivity index (χ0v) is 18.5. The van der Waals surface area contributed by atoms with E-state index in [4.69, 9.17) is 16.3 Å². The molecule has 0 radical (unpaired) electrons. The quantitative estimate of drug-likeness (QED) is 0.310. The van der Waals surface area contributed by atoms with Crippen LogP contribution in [-0.2, 0) is 9.59 Å². The lowest BCUT2D eigenvalue weighted by Crippen LogP contribution is -2.29. The van der Waals surface area contributed by atoms with Crippen molar-refractivity contribution in [3.8, 4) is 5.75 Å². The lowest BCUT2D eigenvalue weighted by Gasteiger charge is -2.25. The van der Waals surface area contributed by atoms with Gasteiger partial charge in [0, 0.05) is 16.3 Å². The molecule has 1 amide bonds. The second-order valence-electron chi connectivity index (χ2n) is 7.51. The van der Waals surface area contributed by atoms with Gasteiger partial charge in [0.2, 0.25) is 0 Å². The molecule has 5 nitrogen and oxygen atoms in total. The Hall–Kier alpha value is -3.57. The van der Waals surface area contributed by atoms with Gasteiger partial charge >= 0.3 is 0 Å². The van der Waals surface area contributed by atoms with Crippen LogP contribution in [0.25, 0.3) is 5.76 Å². The van der Waals surface area contributed by atoms with E-state index in [2.05, 4.69) is 0 Å². The van der Waals surface area contributed by atoms with Gasteiger partial charge < -0.3 is 9.84 Å². The van der Waals surface area contributed by atoms with Crippen LogP contribution in [0.15, 0.2) is 78.4 Å². The number of Topliss-reactive ketones (excluding diaryl/α,β-unsaturated/α-hetero) is 1. The Morgan fingerprint density at radius 3 is 2.19 bits per heavy atom. The highest BCUT2D eigenvalue weighted by Gasteiger charge is 2.46. The first kappa shape index (κ1) is 21.7. The van der Waals surface area contributed by atoms with Crippen LogP contribution in [-0.4, -0.2) is 23.4 Å². The highest BCUT2D eigenvalue weighted by atomic mass is 35.5. The van der Waals surface area contributed by atoms with E-state index in [0.29, 0.717) is 34.2 Å². The summed E-state index contributed by atoms with van der Waals surface area (Å²) in [4.78, 5) is 27.7. The van der Waals surface area contributed by atoms with Gasteiger partial charge in [-0.25, -0.2) is 0 Å². The van der Waals surface area contributed by atoms with Crippen molar-refractivity contribution < 1.29 is 19.4 Å². The number of aryl methyl sites for hydroxylation is 1. The van der Waals surface area contributed by atoms with Gasteiger partial charge in [0.25, 0.3) is 11.7 Å².